The van der Waals surface area contributed by atoms with Gasteiger partial charge in [-0.05, 0) is 62.1 Å². The van der Waals surface area contributed by atoms with Gasteiger partial charge >= 0.3 is 6.36 Å². The molecule has 0 aliphatic rings. The van der Waals surface area contributed by atoms with E-state index in [1.807, 2.05) is 6.07 Å². The van der Waals surface area contributed by atoms with Crippen LogP contribution in [0.1, 0.15) is 22.3 Å². The Labute approximate surface area is 144 Å². The number of anilines is 1. The molecule has 0 aromatic heterocycles. The summed E-state index contributed by atoms with van der Waals surface area (Å²) < 4.78 is 68.6. The first kappa shape index (κ1) is 19.1. The van der Waals surface area contributed by atoms with Gasteiger partial charge in [0, 0.05) is 6.07 Å². The van der Waals surface area contributed by atoms with Gasteiger partial charge in [0.2, 0.25) is 0 Å². The molecule has 0 fully saturated rings. The fourth-order valence-corrected chi connectivity index (χ4v) is 4.21. The van der Waals surface area contributed by atoms with Gasteiger partial charge in [0.25, 0.3) is 10.0 Å². The van der Waals surface area contributed by atoms with Crippen LogP contribution in [0, 0.1) is 27.7 Å². The molecule has 2 aromatic carbocycles. The lowest BCUT2D eigenvalue weighted by Crippen LogP contribution is -2.18. The molecule has 2 aromatic rings. The molecule has 0 unspecified atom stereocenters. The normalized spacial score (nSPS) is 12.1. The minimum atomic E-state index is -4.85. The van der Waals surface area contributed by atoms with Gasteiger partial charge in [0.05, 0.1) is 10.6 Å². The number of nitrogens with one attached hydrogen (secondary N) is 1. The first-order valence-corrected chi connectivity index (χ1v) is 8.85. The van der Waals surface area contributed by atoms with Crippen molar-refractivity contribution in [2.45, 2.75) is 39.0 Å². The van der Waals surface area contributed by atoms with Gasteiger partial charge in [-0.3, -0.25) is 4.72 Å². The lowest BCUT2D eigenvalue weighted by molar-refractivity contribution is -0.274. The maximum atomic E-state index is 12.8. The smallest absolute Gasteiger partial charge is 0.406 e. The lowest BCUT2D eigenvalue weighted by Gasteiger charge is -2.17. The zero-order valence-electron chi connectivity index (χ0n) is 14.2. The quantitative estimate of drug-likeness (QED) is 0.851. The van der Waals surface area contributed by atoms with Crippen molar-refractivity contribution < 1.29 is 26.3 Å². The Kier molecular flexibility index (Phi) is 5.04. The number of hydrogen-bond donors (Lipinski definition) is 1. The molecule has 0 aliphatic carbocycles. The van der Waals surface area contributed by atoms with Crippen molar-refractivity contribution in [2.24, 2.45) is 0 Å². The summed E-state index contributed by atoms with van der Waals surface area (Å²) in [5.74, 6) is -0.499. The van der Waals surface area contributed by atoms with Crippen LogP contribution < -0.4 is 9.46 Å². The fourth-order valence-electron chi connectivity index (χ4n) is 2.55. The molecule has 4 nitrogen and oxygen atoms in total. The molecule has 2 rings (SSSR count). The minimum absolute atomic E-state index is 0.0142. The van der Waals surface area contributed by atoms with Crippen molar-refractivity contribution >= 4 is 15.7 Å². The standard InChI is InChI=1S/C17H18F3NO3S/c1-10-8-11(2)13(4)16(12(10)3)25(22,23)21-14-6-5-7-15(9-14)24-17(18,19)20/h5-9,21H,1-4H3. The number of hydrogen-bond acceptors (Lipinski definition) is 3. The molecule has 0 aliphatic heterocycles. The van der Waals surface area contributed by atoms with Crippen LogP contribution in [0.5, 0.6) is 5.75 Å². The number of sulfonamides is 1. The molecule has 0 atom stereocenters. The van der Waals surface area contributed by atoms with Gasteiger partial charge in [-0.1, -0.05) is 12.1 Å². The van der Waals surface area contributed by atoms with Crippen LogP contribution in [0.3, 0.4) is 0 Å². The number of halogens is 3. The van der Waals surface area contributed by atoms with Crippen LogP contribution in [0.15, 0.2) is 35.2 Å². The predicted molar refractivity (Wildman–Crippen MR) is 89.3 cm³/mol. The number of benzene rings is 2. The van der Waals surface area contributed by atoms with Gasteiger partial charge in [-0.25, -0.2) is 8.42 Å². The van der Waals surface area contributed by atoms with Gasteiger partial charge in [0.15, 0.2) is 0 Å². The molecule has 0 spiro atoms. The Morgan fingerprint density at radius 1 is 0.960 bits per heavy atom. The van der Waals surface area contributed by atoms with Crippen LogP contribution >= 0.6 is 0 Å². The van der Waals surface area contributed by atoms with E-state index in [1.54, 1.807) is 27.7 Å². The average Bonchev–Trinajstić information content (AvgIpc) is 2.43. The highest BCUT2D eigenvalue weighted by atomic mass is 32.2. The first-order valence-electron chi connectivity index (χ1n) is 7.37. The molecule has 0 bridgehead atoms. The van der Waals surface area contributed by atoms with Crippen molar-refractivity contribution in [1.82, 2.24) is 0 Å². The third kappa shape index (κ3) is 4.45. The van der Waals surface area contributed by atoms with Crippen molar-refractivity contribution in [1.29, 1.82) is 0 Å². The third-order valence-electron chi connectivity index (χ3n) is 3.89. The van der Waals surface area contributed by atoms with Crippen LogP contribution in [-0.2, 0) is 10.0 Å². The third-order valence-corrected chi connectivity index (χ3v) is 5.54. The molecular formula is C17H18F3NO3S. The summed E-state index contributed by atoms with van der Waals surface area (Å²) in [5, 5.41) is 0. The number of alkyl halides is 3. The second-order valence-electron chi connectivity index (χ2n) is 5.77. The number of rotatable bonds is 4. The molecule has 25 heavy (non-hydrogen) atoms. The van der Waals surface area contributed by atoms with Crippen LogP contribution in [0.25, 0.3) is 0 Å². The van der Waals surface area contributed by atoms with Crippen LogP contribution in [0.4, 0.5) is 18.9 Å². The van der Waals surface area contributed by atoms with E-state index in [1.165, 1.54) is 12.1 Å². The summed E-state index contributed by atoms with van der Waals surface area (Å²) in [7, 11) is -3.97. The molecule has 0 heterocycles. The predicted octanol–water partition coefficient (Wildman–Crippen LogP) is 4.62. The zero-order valence-corrected chi connectivity index (χ0v) is 15.0. The molecule has 0 radical (unpaired) electrons. The summed E-state index contributed by atoms with van der Waals surface area (Å²) in [6.45, 7) is 7.00. The van der Waals surface area contributed by atoms with E-state index in [0.717, 1.165) is 23.3 Å². The highest BCUT2D eigenvalue weighted by Crippen LogP contribution is 2.30. The highest BCUT2D eigenvalue weighted by Gasteiger charge is 2.31. The maximum Gasteiger partial charge on any atom is 0.573 e. The molecule has 0 amide bonds. The summed E-state index contributed by atoms with van der Waals surface area (Å²) in [6.07, 6.45) is -4.85. The monoisotopic (exact) mass is 373 g/mol. The summed E-state index contributed by atoms with van der Waals surface area (Å²) in [6, 6.07) is 6.60. The van der Waals surface area contributed by atoms with Gasteiger partial charge < -0.3 is 4.74 Å². The zero-order chi connectivity index (χ0) is 19.0. The summed E-state index contributed by atoms with van der Waals surface area (Å²) in [5.41, 5.74) is 2.81. The molecule has 136 valence electrons. The second-order valence-corrected chi connectivity index (χ2v) is 7.39. The van der Waals surface area contributed by atoms with Crippen molar-refractivity contribution in [3.05, 3.63) is 52.6 Å². The number of aryl methyl sites for hydroxylation is 2. The van der Waals surface area contributed by atoms with Crippen LogP contribution in [-0.4, -0.2) is 14.8 Å². The van der Waals surface area contributed by atoms with E-state index < -0.39 is 22.1 Å². The van der Waals surface area contributed by atoms with Crippen LogP contribution in [0.2, 0.25) is 0 Å². The van der Waals surface area contributed by atoms with Crippen molar-refractivity contribution in [3.63, 3.8) is 0 Å². The van der Waals surface area contributed by atoms with Gasteiger partial charge in [0.1, 0.15) is 5.75 Å². The Hall–Kier alpha value is -2.22. The molecular weight excluding hydrogens is 355 g/mol. The molecule has 1 N–H and O–H groups in total. The fraction of sp³-hybridized carbons (Fsp3) is 0.294. The van der Waals surface area contributed by atoms with Gasteiger partial charge in [-0.15, -0.1) is 13.2 Å². The molecule has 0 saturated heterocycles. The first-order chi connectivity index (χ1) is 11.4. The Balaban J connectivity index is 2.43. The lowest BCUT2D eigenvalue weighted by atomic mass is 10.0. The second kappa shape index (κ2) is 6.59. The highest BCUT2D eigenvalue weighted by molar-refractivity contribution is 7.92. The topological polar surface area (TPSA) is 55.4 Å². The van der Waals surface area contributed by atoms with E-state index in [4.69, 9.17) is 0 Å². The Morgan fingerprint density at radius 2 is 1.52 bits per heavy atom. The van der Waals surface area contributed by atoms with E-state index in [2.05, 4.69) is 9.46 Å². The Bertz CT molecular complexity index is 880. The minimum Gasteiger partial charge on any atom is -0.406 e. The average molecular weight is 373 g/mol. The van der Waals surface area contributed by atoms with Crippen molar-refractivity contribution in [2.75, 3.05) is 4.72 Å². The largest absolute Gasteiger partial charge is 0.573 e. The molecule has 8 heteroatoms. The Morgan fingerprint density at radius 3 is 2.04 bits per heavy atom. The van der Waals surface area contributed by atoms with Gasteiger partial charge in [-0.2, -0.15) is 0 Å². The summed E-state index contributed by atoms with van der Waals surface area (Å²) >= 11 is 0. The van der Waals surface area contributed by atoms with E-state index in [-0.39, 0.29) is 10.6 Å². The SMILES string of the molecule is Cc1cc(C)c(C)c(S(=O)(=O)Nc2cccc(OC(F)(F)F)c2)c1C. The van der Waals surface area contributed by atoms with E-state index >= 15 is 0 Å². The van der Waals surface area contributed by atoms with Crippen molar-refractivity contribution in [3.8, 4) is 5.75 Å². The molecule has 0 saturated carbocycles. The van der Waals surface area contributed by atoms with E-state index in [9.17, 15) is 21.6 Å². The number of ether oxygens (including phenoxy) is 1. The van der Waals surface area contributed by atoms with E-state index in [0.29, 0.717) is 11.1 Å². The summed E-state index contributed by atoms with van der Waals surface area (Å²) in [4.78, 5) is 0.132. The maximum absolute atomic E-state index is 12.8.